The first-order chi connectivity index (χ1) is 5.02. The molecule has 1 heterocycles. The van der Waals surface area contributed by atoms with Crippen molar-refractivity contribution in [3.8, 4) is 0 Å². The number of alkyl halides is 3. The lowest BCUT2D eigenvalue weighted by Gasteiger charge is -2.26. The summed E-state index contributed by atoms with van der Waals surface area (Å²) in [4.78, 5) is 4.38. The molecule has 3 nitrogen and oxygen atoms in total. The van der Waals surface area contributed by atoms with Crippen LogP contribution in [0.1, 0.15) is 0 Å². The van der Waals surface area contributed by atoms with Gasteiger partial charge in [-0.05, 0) is 0 Å². The summed E-state index contributed by atoms with van der Waals surface area (Å²) in [5, 5.41) is 0. The molecule has 0 aromatic heterocycles. The second-order valence-electron chi connectivity index (χ2n) is 2.31. The van der Waals surface area contributed by atoms with Crippen LogP contribution in [0.3, 0.4) is 0 Å². The Morgan fingerprint density at radius 2 is 2.08 bits per heavy atom. The Balaban J connectivity index is 0.00000121. The highest BCUT2D eigenvalue weighted by atomic mass is 35.5. The van der Waals surface area contributed by atoms with Crippen molar-refractivity contribution in [2.24, 2.45) is 0 Å². The van der Waals surface area contributed by atoms with E-state index in [1.165, 1.54) is 0 Å². The van der Waals surface area contributed by atoms with Crippen LogP contribution in [0.15, 0.2) is 0 Å². The van der Waals surface area contributed by atoms with Gasteiger partial charge in [-0.1, -0.05) is 0 Å². The molecule has 1 atom stereocenters. The lowest BCUT2D eigenvalue weighted by Crippen LogP contribution is -2.50. The lowest BCUT2D eigenvalue weighted by atomic mass is 10.1. The van der Waals surface area contributed by atoms with E-state index in [1.54, 1.807) is 0 Å². The number of halogens is 4. The number of hydroxylamine groups is 1. The second kappa shape index (κ2) is 3.78. The van der Waals surface area contributed by atoms with Crippen LogP contribution >= 0.6 is 12.4 Å². The molecular weight excluding hydrogens is 199 g/mol. The largest absolute Gasteiger partial charge is 0.421 e. The molecule has 0 aliphatic carbocycles. The van der Waals surface area contributed by atoms with Crippen LogP contribution in [0.2, 0.25) is 0 Å². The monoisotopic (exact) mass is 207 g/mol. The van der Waals surface area contributed by atoms with E-state index in [1.807, 2.05) is 0 Å². The molecule has 0 bridgehead atoms. The maximum absolute atomic E-state index is 12.2. The topological polar surface area (TPSA) is 30.5 Å². The normalized spacial score (nSPS) is 30.0. The van der Waals surface area contributed by atoms with Crippen LogP contribution in [0.4, 0.5) is 13.2 Å². The molecule has 12 heavy (non-hydrogen) atoms. The third-order valence-electron chi connectivity index (χ3n) is 1.67. The minimum atomic E-state index is -4.38. The molecule has 1 unspecified atom stereocenters. The van der Waals surface area contributed by atoms with Crippen molar-refractivity contribution in [2.45, 2.75) is 11.8 Å². The maximum atomic E-state index is 12.2. The molecule has 1 aliphatic heterocycles. The van der Waals surface area contributed by atoms with Crippen LogP contribution < -0.4 is 5.48 Å². The SMILES string of the molecule is COC1(C(F)(F)F)CNOC1.Cl. The summed E-state index contributed by atoms with van der Waals surface area (Å²) in [6.45, 7) is -0.847. The van der Waals surface area contributed by atoms with E-state index >= 15 is 0 Å². The van der Waals surface area contributed by atoms with Gasteiger partial charge in [0.05, 0.1) is 6.54 Å². The van der Waals surface area contributed by atoms with Crippen molar-refractivity contribution in [3.63, 3.8) is 0 Å². The Morgan fingerprint density at radius 3 is 2.25 bits per heavy atom. The number of hydrogen-bond acceptors (Lipinski definition) is 3. The quantitative estimate of drug-likeness (QED) is 0.693. The highest BCUT2D eigenvalue weighted by Crippen LogP contribution is 2.34. The van der Waals surface area contributed by atoms with E-state index in [9.17, 15) is 13.2 Å². The fraction of sp³-hybridized carbons (Fsp3) is 1.00. The molecule has 0 saturated carbocycles. The van der Waals surface area contributed by atoms with Crippen LogP contribution in [-0.4, -0.2) is 32.0 Å². The molecule has 1 aliphatic rings. The summed E-state index contributed by atoms with van der Waals surface area (Å²) in [5.41, 5.74) is -0.0341. The van der Waals surface area contributed by atoms with Gasteiger partial charge < -0.3 is 4.74 Å². The predicted molar refractivity (Wildman–Crippen MR) is 37.0 cm³/mol. The van der Waals surface area contributed by atoms with E-state index in [-0.39, 0.29) is 19.0 Å². The summed E-state index contributed by atoms with van der Waals surface area (Å²) < 4.78 is 40.9. The summed E-state index contributed by atoms with van der Waals surface area (Å²) in [6.07, 6.45) is -4.38. The average molecular weight is 208 g/mol. The highest BCUT2D eigenvalue weighted by Gasteiger charge is 2.58. The third kappa shape index (κ3) is 1.82. The Labute approximate surface area is 73.6 Å². The molecular formula is C5H9ClF3NO2. The number of rotatable bonds is 1. The van der Waals surface area contributed by atoms with Crippen molar-refractivity contribution >= 4 is 12.4 Å². The molecule has 0 aromatic carbocycles. The third-order valence-corrected chi connectivity index (χ3v) is 1.67. The van der Waals surface area contributed by atoms with Gasteiger partial charge in [-0.2, -0.15) is 18.7 Å². The van der Waals surface area contributed by atoms with Crippen LogP contribution in [0.25, 0.3) is 0 Å². The Bertz CT molecular complexity index is 146. The van der Waals surface area contributed by atoms with Crippen LogP contribution in [0, 0.1) is 0 Å². The highest BCUT2D eigenvalue weighted by molar-refractivity contribution is 5.85. The first kappa shape index (κ1) is 12.0. The molecule has 7 heteroatoms. The zero-order valence-electron chi connectivity index (χ0n) is 6.27. The van der Waals surface area contributed by atoms with Crippen LogP contribution in [-0.2, 0) is 9.57 Å². The van der Waals surface area contributed by atoms with E-state index in [2.05, 4.69) is 15.1 Å². The molecule has 1 rings (SSSR count). The van der Waals surface area contributed by atoms with Crippen LogP contribution in [0.5, 0.6) is 0 Å². The van der Waals surface area contributed by atoms with Gasteiger partial charge in [-0.3, -0.25) is 4.84 Å². The van der Waals surface area contributed by atoms with E-state index < -0.39 is 18.4 Å². The molecule has 1 N–H and O–H groups in total. The average Bonchev–Trinajstić information content (AvgIpc) is 2.33. The number of hydrogen-bond donors (Lipinski definition) is 1. The van der Waals surface area contributed by atoms with E-state index in [0.29, 0.717) is 0 Å². The van der Waals surface area contributed by atoms with E-state index in [0.717, 1.165) is 7.11 Å². The molecule has 0 radical (unpaired) electrons. The first-order valence-corrected chi connectivity index (χ1v) is 2.98. The molecule has 74 valence electrons. The van der Waals surface area contributed by atoms with Gasteiger partial charge in [0, 0.05) is 7.11 Å². The molecule has 1 fully saturated rings. The summed E-state index contributed by atoms with van der Waals surface area (Å²) in [7, 11) is 1.02. The second-order valence-corrected chi connectivity index (χ2v) is 2.31. The molecule has 1 saturated heterocycles. The Kier molecular flexibility index (Phi) is 3.77. The van der Waals surface area contributed by atoms with Crippen molar-refractivity contribution in [1.82, 2.24) is 5.48 Å². The van der Waals surface area contributed by atoms with Crippen molar-refractivity contribution in [1.29, 1.82) is 0 Å². The Hall–Kier alpha value is -0.0400. The minimum absolute atomic E-state index is 0. The standard InChI is InChI=1S/C5H8F3NO2.ClH/c1-10-4(5(6,7)8)2-9-11-3-4;/h9H,2-3H2,1H3;1H. The fourth-order valence-electron chi connectivity index (χ4n) is 0.815. The van der Waals surface area contributed by atoms with Crippen molar-refractivity contribution in [3.05, 3.63) is 0 Å². The number of nitrogens with one attached hydrogen (secondary N) is 1. The summed E-state index contributed by atoms with van der Waals surface area (Å²) in [6, 6.07) is 0. The first-order valence-electron chi connectivity index (χ1n) is 2.98. The van der Waals surface area contributed by atoms with Crippen molar-refractivity contribution in [2.75, 3.05) is 20.3 Å². The molecule has 0 aromatic rings. The van der Waals surface area contributed by atoms with Crippen molar-refractivity contribution < 1.29 is 22.7 Å². The minimum Gasteiger partial charge on any atom is -0.365 e. The number of methoxy groups -OCH3 is 1. The molecule has 0 spiro atoms. The van der Waals surface area contributed by atoms with Gasteiger partial charge >= 0.3 is 6.18 Å². The van der Waals surface area contributed by atoms with Gasteiger partial charge in [0.25, 0.3) is 0 Å². The van der Waals surface area contributed by atoms with E-state index in [4.69, 9.17) is 0 Å². The number of ether oxygens (including phenoxy) is 1. The van der Waals surface area contributed by atoms with Gasteiger partial charge in [0.15, 0.2) is 0 Å². The summed E-state index contributed by atoms with van der Waals surface area (Å²) in [5.74, 6) is 0. The van der Waals surface area contributed by atoms with Gasteiger partial charge in [0.2, 0.25) is 5.60 Å². The van der Waals surface area contributed by atoms with Gasteiger partial charge in [0.1, 0.15) is 6.61 Å². The smallest absolute Gasteiger partial charge is 0.365 e. The zero-order valence-corrected chi connectivity index (χ0v) is 7.09. The zero-order chi connectivity index (χ0) is 8.54. The summed E-state index contributed by atoms with van der Waals surface area (Å²) >= 11 is 0. The van der Waals surface area contributed by atoms with Gasteiger partial charge in [-0.25, -0.2) is 0 Å². The predicted octanol–water partition coefficient (Wildman–Crippen LogP) is 0.891. The molecule has 0 amide bonds. The Morgan fingerprint density at radius 1 is 1.50 bits per heavy atom. The lowest BCUT2D eigenvalue weighted by molar-refractivity contribution is -0.262. The van der Waals surface area contributed by atoms with Gasteiger partial charge in [-0.15, -0.1) is 12.4 Å². The maximum Gasteiger partial charge on any atom is 0.421 e. The fourth-order valence-corrected chi connectivity index (χ4v) is 0.815.